The molecule has 0 saturated carbocycles. The normalized spacial score (nSPS) is 11.3. The number of amides is 1. The maximum absolute atomic E-state index is 12.1. The van der Waals surface area contributed by atoms with Gasteiger partial charge in [-0.25, -0.2) is 4.98 Å². The quantitative estimate of drug-likeness (QED) is 0.831. The number of benzene rings is 1. The Morgan fingerprint density at radius 2 is 2.18 bits per heavy atom. The Balaban J connectivity index is 2.30. The summed E-state index contributed by atoms with van der Waals surface area (Å²) in [6, 6.07) is 5.79. The molecule has 6 heteroatoms. The number of hydrogen-bond donors (Lipinski definition) is 1. The molecule has 0 unspecified atom stereocenters. The zero-order chi connectivity index (χ0) is 16.3. The van der Waals surface area contributed by atoms with Gasteiger partial charge in [0.2, 0.25) is 11.9 Å². The van der Waals surface area contributed by atoms with Gasteiger partial charge in [0.25, 0.3) is 0 Å². The summed E-state index contributed by atoms with van der Waals surface area (Å²) in [6.45, 7) is 5.22. The number of carbonyl (C=O) groups excluding carboxylic acids is 1. The summed E-state index contributed by atoms with van der Waals surface area (Å²) in [5.74, 6) is 0.519. The number of hydrogen-bond acceptors (Lipinski definition) is 4. The molecule has 0 aliphatic carbocycles. The number of methoxy groups -OCH3 is 1. The zero-order valence-electron chi connectivity index (χ0n) is 13.7. The Kier molecular flexibility index (Phi) is 5.03. The molecule has 1 aromatic carbocycles. The van der Waals surface area contributed by atoms with E-state index in [1.165, 1.54) is 0 Å². The summed E-state index contributed by atoms with van der Waals surface area (Å²) in [5.41, 5.74) is 8.60. The molecule has 0 bridgehead atoms. The first-order valence-electron chi connectivity index (χ1n) is 7.48. The maximum Gasteiger partial charge on any atom is 0.229 e. The Hall–Kier alpha value is -2.08. The van der Waals surface area contributed by atoms with Gasteiger partial charge in [0.05, 0.1) is 11.0 Å². The first-order valence-corrected chi connectivity index (χ1v) is 7.48. The minimum absolute atomic E-state index is 0.0441. The number of nitrogens with zero attached hydrogens (tertiary/aromatic N) is 3. The molecule has 1 heterocycles. The van der Waals surface area contributed by atoms with Crippen molar-refractivity contribution in [3.05, 3.63) is 18.2 Å². The van der Waals surface area contributed by atoms with Gasteiger partial charge >= 0.3 is 0 Å². The van der Waals surface area contributed by atoms with Crippen molar-refractivity contribution in [2.24, 2.45) is 5.92 Å². The van der Waals surface area contributed by atoms with Crippen molar-refractivity contribution in [3.63, 3.8) is 0 Å². The van der Waals surface area contributed by atoms with E-state index in [2.05, 4.69) is 4.98 Å². The summed E-state index contributed by atoms with van der Waals surface area (Å²) < 4.78 is 7.05. The predicted octanol–water partition coefficient (Wildman–Crippen LogP) is 2.27. The van der Waals surface area contributed by atoms with Gasteiger partial charge in [-0.1, -0.05) is 13.8 Å². The van der Waals surface area contributed by atoms with Crippen molar-refractivity contribution in [2.45, 2.75) is 26.8 Å². The molecule has 0 saturated heterocycles. The van der Waals surface area contributed by atoms with Crippen molar-refractivity contribution >= 4 is 28.6 Å². The maximum atomic E-state index is 12.1. The monoisotopic (exact) mass is 304 g/mol. The van der Waals surface area contributed by atoms with Crippen LogP contribution in [0.2, 0.25) is 0 Å². The number of ether oxygens (including phenoxy) is 1. The van der Waals surface area contributed by atoms with Crippen LogP contribution in [0.15, 0.2) is 18.2 Å². The van der Waals surface area contributed by atoms with Crippen LogP contribution >= 0.6 is 0 Å². The van der Waals surface area contributed by atoms with Gasteiger partial charge in [0, 0.05) is 38.9 Å². The number of nitrogens with two attached hydrogens (primary N) is 1. The van der Waals surface area contributed by atoms with Crippen LogP contribution in [0, 0.1) is 5.92 Å². The third-order valence-corrected chi connectivity index (χ3v) is 3.70. The lowest BCUT2D eigenvalue weighted by Gasteiger charge is -2.19. The third kappa shape index (κ3) is 3.22. The lowest BCUT2D eigenvalue weighted by Crippen LogP contribution is -2.30. The smallest absolute Gasteiger partial charge is 0.229 e. The van der Waals surface area contributed by atoms with Crippen LogP contribution in [0.4, 0.5) is 11.6 Å². The van der Waals surface area contributed by atoms with Gasteiger partial charge in [-0.15, -0.1) is 0 Å². The fraction of sp³-hybridized carbons (Fsp3) is 0.500. The van der Waals surface area contributed by atoms with Crippen LogP contribution in [-0.2, 0) is 16.1 Å². The molecule has 2 aromatic rings. The number of rotatable bonds is 6. The van der Waals surface area contributed by atoms with Crippen LogP contribution in [0.3, 0.4) is 0 Å². The van der Waals surface area contributed by atoms with Crippen LogP contribution in [0.1, 0.15) is 20.3 Å². The molecule has 0 spiro atoms. The number of anilines is 2. The fourth-order valence-corrected chi connectivity index (χ4v) is 2.46. The van der Waals surface area contributed by atoms with Crippen LogP contribution in [-0.4, -0.2) is 36.2 Å². The first kappa shape index (κ1) is 16.3. The van der Waals surface area contributed by atoms with Crippen LogP contribution < -0.4 is 10.6 Å². The molecule has 2 N–H and O–H groups in total. The number of imidazole rings is 1. The summed E-state index contributed by atoms with van der Waals surface area (Å²) >= 11 is 0. The van der Waals surface area contributed by atoms with E-state index in [1.807, 2.05) is 36.6 Å². The molecule has 2 rings (SSSR count). The molecule has 0 atom stereocenters. The van der Waals surface area contributed by atoms with Crippen molar-refractivity contribution < 1.29 is 9.53 Å². The van der Waals surface area contributed by atoms with Crippen LogP contribution in [0.5, 0.6) is 0 Å². The molecule has 1 aromatic heterocycles. The molecular weight excluding hydrogens is 280 g/mol. The second kappa shape index (κ2) is 6.79. The lowest BCUT2D eigenvalue weighted by molar-refractivity contribution is -0.121. The SMILES string of the molecule is COCCCn1c(N)nc2cc(N(C)C(=O)C(C)C)ccc21. The van der Waals surface area contributed by atoms with Gasteiger partial charge in [-0.2, -0.15) is 0 Å². The number of nitrogen functional groups attached to an aromatic ring is 1. The summed E-state index contributed by atoms with van der Waals surface area (Å²) in [7, 11) is 3.46. The Bertz CT molecular complexity index is 663. The minimum atomic E-state index is -0.0441. The van der Waals surface area contributed by atoms with Gasteiger partial charge in [-0.05, 0) is 24.6 Å². The van der Waals surface area contributed by atoms with E-state index in [-0.39, 0.29) is 11.8 Å². The van der Waals surface area contributed by atoms with Gasteiger partial charge in [0.1, 0.15) is 0 Å². The van der Waals surface area contributed by atoms with Crippen molar-refractivity contribution in [2.75, 3.05) is 31.4 Å². The molecule has 6 nitrogen and oxygen atoms in total. The van der Waals surface area contributed by atoms with E-state index >= 15 is 0 Å². The predicted molar refractivity (Wildman–Crippen MR) is 88.9 cm³/mol. The highest BCUT2D eigenvalue weighted by Gasteiger charge is 2.16. The molecule has 0 radical (unpaired) electrons. The van der Waals surface area contributed by atoms with E-state index < -0.39 is 0 Å². The molecule has 0 aliphatic heterocycles. The molecule has 1 amide bonds. The summed E-state index contributed by atoms with van der Waals surface area (Å²) in [5, 5.41) is 0. The molecule has 0 aliphatic rings. The van der Waals surface area contributed by atoms with E-state index in [0.29, 0.717) is 12.6 Å². The Morgan fingerprint density at radius 3 is 2.82 bits per heavy atom. The van der Waals surface area contributed by atoms with Gasteiger partial charge in [-0.3, -0.25) is 4.79 Å². The van der Waals surface area contributed by atoms with Gasteiger partial charge < -0.3 is 19.9 Å². The average Bonchev–Trinajstić information content (AvgIpc) is 2.81. The standard InChI is InChI=1S/C16H24N4O2/c1-11(2)15(21)19(3)12-6-7-14-13(10-12)18-16(17)20(14)8-5-9-22-4/h6-7,10-11H,5,8-9H2,1-4H3,(H2,17,18). The average molecular weight is 304 g/mol. The number of carbonyl (C=O) groups is 1. The fourth-order valence-electron chi connectivity index (χ4n) is 2.46. The number of fused-ring (bicyclic) bond motifs is 1. The second-order valence-electron chi connectivity index (χ2n) is 5.69. The molecule has 0 fully saturated rings. The Labute approximate surface area is 130 Å². The number of aryl methyl sites for hydroxylation is 1. The Morgan fingerprint density at radius 1 is 1.45 bits per heavy atom. The van der Waals surface area contributed by atoms with E-state index in [1.54, 1.807) is 19.1 Å². The minimum Gasteiger partial charge on any atom is -0.385 e. The van der Waals surface area contributed by atoms with Crippen molar-refractivity contribution in [1.29, 1.82) is 0 Å². The highest BCUT2D eigenvalue weighted by molar-refractivity contribution is 5.96. The zero-order valence-corrected chi connectivity index (χ0v) is 13.7. The van der Waals surface area contributed by atoms with Gasteiger partial charge in [0.15, 0.2) is 0 Å². The highest BCUT2D eigenvalue weighted by atomic mass is 16.5. The topological polar surface area (TPSA) is 73.4 Å². The summed E-state index contributed by atoms with van der Waals surface area (Å²) in [4.78, 5) is 18.1. The number of aromatic nitrogens is 2. The van der Waals surface area contributed by atoms with E-state index in [0.717, 1.165) is 29.7 Å². The molecule has 22 heavy (non-hydrogen) atoms. The second-order valence-corrected chi connectivity index (χ2v) is 5.69. The first-order chi connectivity index (χ1) is 10.5. The van der Waals surface area contributed by atoms with E-state index in [9.17, 15) is 4.79 Å². The largest absolute Gasteiger partial charge is 0.385 e. The summed E-state index contributed by atoms with van der Waals surface area (Å²) in [6.07, 6.45) is 0.875. The highest BCUT2D eigenvalue weighted by Crippen LogP contribution is 2.24. The third-order valence-electron chi connectivity index (χ3n) is 3.70. The van der Waals surface area contributed by atoms with E-state index in [4.69, 9.17) is 10.5 Å². The van der Waals surface area contributed by atoms with Crippen molar-refractivity contribution in [1.82, 2.24) is 9.55 Å². The lowest BCUT2D eigenvalue weighted by atomic mass is 10.1. The van der Waals surface area contributed by atoms with Crippen molar-refractivity contribution in [3.8, 4) is 0 Å². The molecular formula is C16H24N4O2. The molecule has 120 valence electrons. The van der Waals surface area contributed by atoms with Crippen LogP contribution in [0.25, 0.3) is 11.0 Å².